The average Bonchev–Trinajstić information content (AvgIpc) is 3.17. The maximum Gasteiger partial charge on any atom is 0.514 e. The lowest BCUT2D eigenvalue weighted by Crippen LogP contribution is -2.25. The van der Waals surface area contributed by atoms with Crippen LogP contribution in [0.25, 0.3) is 11.1 Å². The quantitative estimate of drug-likeness (QED) is 0.0331. The Morgan fingerprint density at radius 3 is 1.42 bits per heavy atom. The number of hydrogen-bond acceptors (Lipinski definition) is 9. The van der Waals surface area contributed by atoms with Gasteiger partial charge < -0.3 is 28.4 Å². The minimum absolute atomic E-state index is 0.158. The zero-order valence-corrected chi connectivity index (χ0v) is 30.1. The fourth-order valence-electron chi connectivity index (χ4n) is 6.02. The molecule has 4 rings (SSSR count). The minimum Gasteiger partial charge on any atom is -0.494 e. The fourth-order valence-corrected chi connectivity index (χ4v) is 6.02. The van der Waals surface area contributed by atoms with E-state index in [1.54, 1.807) is 12.1 Å². The van der Waals surface area contributed by atoms with E-state index in [-0.39, 0.29) is 18.0 Å². The van der Waals surface area contributed by atoms with Crippen LogP contribution >= 0.6 is 0 Å². The van der Waals surface area contributed by atoms with E-state index in [0.29, 0.717) is 38.1 Å². The van der Waals surface area contributed by atoms with Gasteiger partial charge in [-0.15, -0.1) is 0 Å². The summed E-state index contributed by atoms with van der Waals surface area (Å²) in [6.45, 7) is 8.90. The Morgan fingerprint density at radius 1 is 0.538 bits per heavy atom. The van der Waals surface area contributed by atoms with Gasteiger partial charge in [0.05, 0.1) is 26.4 Å². The van der Waals surface area contributed by atoms with Gasteiger partial charge in [0.2, 0.25) is 0 Å². The van der Waals surface area contributed by atoms with E-state index in [4.69, 9.17) is 28.4 Å². The minimum atomic E-state index is -0.675. The van der Waals surface area contributed by atoms with Crippen molar-refractivity contribution in [1.82, 2.24) is 0 Å². The molecule has 1 aliphatic carbocycles. The van der Waals surface area contributed by atoms with Crippen molar-refractivity contribution in [2.24, 2.45) is 0 Å². The lowest BCUT2D eigenvalue weighted by molar-refractivity contribution is -0.138. The summed E-state index contributed by atoms with van der Waals surface area (Å²) in [6.07, 6.45) is 12.5. The second-order valence-corrected chi connectivity index (χ2v) is 12.8. The van der Waals surface area contributed by atoms with Crippen molar-refractivity contribution in [3.63, 3.8) is 0 Å². The van der Waals surface area contributed by atoms with Crippen molar-refractivity contribution >= 4 is 18.1 Å². The van der Waals surface area contributed by atoms with Crippen LogP contribution in [-0.2, 0) is 23.8 Å². The Kier molecular flexibility index (Phi) is 17.3. The molecule has 9 nitrogen and oxygen atoms in total. The molecule has 0 radical (unpaired) electrons. The third-order valence-electron chi connectivity index (χ3n) is 8.97. The fraction of sp³-hybridized carbons (Fsp3) is 0.419. The van der Waals surface area contributed by atoms with Crippen molar-refractivity contribution in [2.75, 3.05) is 26.4 Å². The number of ether oxygens (including phenoxy) is 6. The smallest absolute Gasteiger partial charge is 0.494 e. The lowest BCUT2D eigenvalue weighted by atomic mass is 9.83. The molecule has 0 heterocycles. The highest BCUT2D eigenvalue weighted by Gasteiger charge is 2.25. The molecule has 0 spiro atoms. The molecule has 3 aromatic carbocycles. The molecule has 0 amide bonds. The molecular weight excluding hydrogens is 660 g/mol. The molecular formula is C43H52O9. The van der Waals surface area contributed by atoms with Gasteiger partial charge in [-0.1, -0.05) is 49.6 Å². The van der Waals surface area contributed by atoms with Gasteiger partial charge in [-0.05, 0) is 136 Å². The van der Waals surface area contributed by atoms with Gasteiger partial charge in [0.15, 0.2) is 0 Å². The molecule has 9 heteroatoms. The molecule has 3 aromatic rings. The van der Waals surface area contributed by atoms with Crippen LogP contribution in [0.5, 0.6) is 17.2 Å². The Balaban J connectivity index is 1.07. The normalized spacial score (nSPS) is 15.2. The summed E-state index contributed by atoms with van der Waals surface area (Å²) in [6, 6.07) is 23.6. The zero-order valence-electron chi connectivity index (χ0n) is 30.1. The number of carbonyl (C=O) groups is 3. The van der Waals surface area contributed by atoms with Crippen molar-refractivity contribution in [2.45, 2.75) is 89.1 Å². The molecule has 0 aromatic heterocycles. The first kappa shape index (κ1) is 39.7. The van der Waals surface area contributed by atoms with Crippen LogP contribution in [0.2, 0.25) is 0 Å². The standard InChI is InChI=1S/C43H52O9/c1-3-41(44)49-31-11-7-5-9-29-47-37-21-13-33(14-22-37)35-17-25-39(26-18-35)51-43(46)52-40-27-19-36(20-28-40)34-15-23-38(24-16-34)48-30-10-6-8-12-32-50-42(45)4-2/h3-4,13-18,21-26,36,40H,1-2,5-12,19-20,27-32H2. The zero-order chi connectivity index (χ0) is 36.8. The maximum absolute atomic E-state index is 12.6. The summed E-state index contributed by atoms with van der Waals surface area (Å²) in [5.74, 6) is 1.78. The molecule has 0 aliphatic heterocycles. The third kappa shape index (κ3) is 14.7. The SMILES string of the molecule is C=CC(=O)OCCCCCCOc1ccc(-c2ccc(OC(=O)OC3CCC(c4ccc(OCCCCCCOC(=O)C=C)cc4)CC3)cc2)cc1. The van der Waals surface area contributed by atoms with E-state index < -0.39 is 6.16 Å². The van der Waals surface area contributed by atoms with Crippen molar-refractivity contribution < 1.29 is 42.8 Å². The van der Waals surface area contributed by atoms with Crippen LogP contribution in [0, 0.1) is 0 Å². The first-order valence-corrected chi connectivity index (χ1v) is 18.5. The van der Waals surface area contributed by atoms with Crippen LogP contribution in [0.1, 0.15) is 88.5 Å². The van der Waals surface area contributed by atoms with Crippen molar-refractivity contribution in [3.8, 4) is 28.4 Å². The van der Waals surface area contributed by atoms with Crippen LogP contribution < -0.4 is 14.2 Å². The number of rotatable bonds is 22. The highest BCUT2D eigenvalue weighted by atomic mass is 16.7. The number of esters is 2. The highest BCUT2D eigenvalue weighted by molar-refractivity contribution is 5.81. The van der Waals surface area contributed by atoms with Crippen LogP contribution in [0.3, 0.4) is 0 Å². The predicted octanol–water partition coefficient (Wildman–Crippen LogP) is 9.93. The molecule has 0 atom stereocenters. The first-order chi connectivity index (χ1) is 25.4. The van der Waals surface area contributed by atoms with Gasteiger partial charge in [0.25, 0.3) is 0 Å². The second kappa shape index (κ2) is 22.7. The topological polar surface area (TPSA) is 107 Å². The lowest BCUT2D eigenvalue weighted by Gasteiger charge is -2.28. The van der Waals surface area contributed by atoms with Gasteiger partial charge in [-0.3, -0.25) is 0 Å². The summed E-state index contributed by atoms with van der Waals surface area (Å²) in [7, 11) is 0. The van der Waals surface area contributed by atoms with E-state index in [9.17, 15) is 14.4 Å². The van der Waals surface area contributed by atoms with Crippen molar-refractivity contribution in [3.05, 3.63) is 104 Å². The first-order valence-electron chi connectivity index (χ1n) is 18.5. The van der Waals surface area contributed by atoms with Gasteiger partial charge in [-0.25, -0.2) is 14.4 Å². The van der Waals surface area contributed by atoms with Crippen LogP contribution in [0.4, 0.5) is 4.79 Å². The summed E-state index contributed by atoms with van der Waals surface area (Å²) < 4.78 is 32.9. The Hall–Kier alpha value is -5.05. The maximum atomic E-state index is 12.6. The Morgan fingerprint density at radius 2 is 0.962 bits per heavy atom. The van der Waals surface area contributed by atoms with E-state index in [1.807, 2.05) is 48.5 Å². The van der Waals surface area contributed by atoms with E-state index in [0.717, 1.165) is 99.7 Å². The predicted molar refractivity (Wildman–Crippen MR) is 201 cm³/mol. The molecule has 52 heavy (non-hydrogen) atoms. The molecule has 278 valence electrons. The summed E-state index contributed by atoms with van der Waals surface area (Å²) in [5, 5.41) is 0. The van der Waals surface area contributed by atoms with E-state index >= 15 is 0 Å². The van der Waals surface area contributed by atoms with Gasteiger partial charge >= 0.3 is 18.1 Å². The summed E-state index contributed by atoms with van der Waals surface area (Å²) >= 11 is 0. The van der Waals surface area contributed by atoms with E-state index in [1.165, 1.54) is 17.7 Å². The monoisotopic (exact) mass is 712 g/mol. The Bertz CT molecular complexity index is 1520. The largest absolute Gasteiger partial charge is 0.514 e. The second-order valence-electron chi connectivity index (χ2n) is 12.8. The number of benzene rings is 3. The molecule has 0 bridgehead atoms. The molecule has 1 fully saturated rings. The van der Waals surface area contributed by atoms with Gasteiger partial charge in [-0.2, -0.15) is 0 Å². The highest BCUT2D eigenvalue weighted by Crippen LogP contribution is 2.35. The van der Waals surface area contributed by atoms with Gasteiger partial charge in [0, 0.05) is 12.2 Å². The number of unbranched alkanes of at least 4 members (excludes halogenated alkanes) is 6. The third-order valence-corrected chi connectivity index (χ3v) is 8.97. The molecule has 1 saturated carbocycles. The molecule has 1 aliphatic rings. The number of carbonyl (C=O) groups excluding carboxylic acids is 3. The number of hydrogen-bond donors (Lipinski definition) is 0. The molecule has 0 saturated heterocycles. The average molecular weight is 713 g/mol. The van der Waals surface area contributed by atoms with Crippen molar-refractivity contribution in [1.29, 1.82) is 0 Å². The molecule has 0 N–H and O–H groups in total. The molecule has 0 unspecified atom stereocenters. The Labute approximate surface area is 307 Å². The van der Waals surface area contributed by atoms with E-state index in [2.05, 4.69) is 25.3 Å². The van der Waals surface area contributed by atoms with Crippen LogP contribution in [-0.4, -0.2) is 50.6 Å². The van der Waals surface area contributed by atoms with Gasteiger partial charge in [0.1, 0.15) is 23.4 Å². The van der Waals surface area contributed by atoms with Crippen LogP contribution in [0.15, 0.2) is 98.1 Å². The summed E-state index contributed by atoms with van der Waals surface area (Å²) in [5.41, 5.74) is 3.31. The summed E-state index contributed by atoms with van der Waals surface area (Å²) in [4.78, 5) is 34.6.